The van der Waals surface area contributed by atoms with E-state index in [9.17, 15) is 9.59 Å². The lowest BCUT2D eigenvalue weighted by Gasteiger charge is -2.29. The molecule has 0 aliphatic heterocycles. The first kappa shape index (κ1) is 18.7. The van der Waals surface area contributed by atoms with Gasteiger partial charge in [0, 0.05) is 0 Å². The number of esters is 2. The standard InChI is InChI=1S/C19H28O4Si/c1-14-11-19(17(20)22-2,18(21)23-3)12-15(14)13-24(4,5)16-9-7-6-8-10-16/h6-10,14-15H,11-13H2,1-5H3/t14-,15+/m1/s1. The van der Waals surface area contributed by atoms with Crippen molar-refractivity contribution in [2.45, 2.75) is 38.9 Å². The summed E-state index contributed by atoms with van der Waals surface area (Å²) >= 11 is 0. The number of rotatable bonds is 5. The number of carbonyl (C=O) groups excluding carboxylic acids is 2. The van der Waals surface area contributed by atoms with Crippen LogP contribution in [0.4, 0.5) is 0 Å². The lowest BCUT2D eigenvalue weighted by molar-refractivity contribution is -0.169. The number of ether oxygens (including phenoxy) is 2. The van der Waals surface area contributed by atoms with E-state index in [0.717, 1.165) is 6.04 Å². The lowest BCUT2D eigenvalue weighted by atomic mass is 9.85. The van der Waals surface area contributed by atoms with E-state index in [1.807, 2.05) is 6.07 Å². The van der Waals surface area contributed by atoms with E-state index in [4.69, 9.17) is 9.47 Å². The average Bonchev–Trinajstić information content (AvgIpc) is 2.91. The second-order valence-corrected chi connectivity index (χ2v) is 12.4. The van der Waals surface area contributed by atoms with Crippen LogP contribution in [0.25, 0.3) is 0 Å². The Morgan fingerprint density at radius 1 is 1.08 bits per heavy atom. The molecule has 2 atom stereocenters. The summed E-state index contributed by atoms with van der Waals surface area (Å²) in [5, 5.41) is 1.41. The molecular weight excluding hydrogens is 320 g/mol. The highest BCUT2D eigenvalue weighted by Crippen LogP contribution is 2.49. The number of hydrogen-bond acceptors (Lipinski definition) is 4. The molecule has 0 N–H and O–H groups in total. The molecule has 1 aromatic carbocycles. The molecule has 0 heterocycles. The molecule has 0 amide bonds. The quantitative estimate of drug-likeness (QED) is 0.466. The van der Waals surface area contributed by atoms with Gasteiger partial charge in [-0.15, -0.1) is 0 Å². The number of methoxy groups -OCH3 is 2. The maximum atomic E-state index is 12.4. The second-order valence-electron chi connectivity index (χ2n) is 7.66. The second kappa shape index (κ2) is 7.09. The van der Waals surface area contributed by atoms with Crippen LogP contribution in [0.3, 0.4) is 0 Å². The Kier molecular flexibility index (Phi) is 5.53. The molecule has 0 aromatic heterocycles. The summed E-state index contributed by atoms with van der Waals surface area (Å²) < 4.78 is 9.89. The molecule has 1 saturated carbocycles. The van der Waals surface area contributed by atoms with Gasteiger partial charge in [0.05, 0.1) is 22.3 Å². The Balaban J connectivity index is 2.24. The predicted octanol–water partition coefficient (Wildman–Crippen LogP) is 2.98. The highest BCUT2D eigenvalue weighted by atomic mass is 28.3. The van der Waals surface area contributed by atoms with Gasteiger partial charge >= 0.3 is 11.9 Å². The van der Waals surface area contributed by atoms with E-state index < -0.39 is 25.4 Å². The van der Waals surface area contributed by atoms with E-state index in [-0.39, 0.29) is 0 Å². The van der Waals surface area contributed by atoms with Gasteiger partial charge in [-0.1, -0.05) is 61.6 Å². The van der Waals surface area contributed by atoms with E-state index in [2.05, 4.69) is 44.3 Å². The van der Waals surface area contributed by atoms with Gasteiger partial charge in [-0.25, -0.2) is 0 Å². The van der Waals surface area contributed by atoms with Crippen molar-refractivity contribution in [2.75, 3.05) is 14.2 Å². The summed E-state index contributed by atoms with van der Waals surface area (Å²) in [7, 11) is 1.04. The topological polar surface area (TPSA) is 52.6 Å². The molecule has 0 radical (unpaired) electrons. The first-order chi connectivity index (χ1) is 11.3. The molecule has 1 aliphatic carbocycles. The van der Waals surface area contributed by atoms with Crippen LogP contribution in [0.1, 0.15) is 19.8 Å². The minimum absolute atomic E-state index is 0.290. The Morgan fingerprint density at radius 3 is 2.12 bits per heavy atom. The van der Waals surface area contributed by atoms with E-state index >= 15 is 0 Å². The Hall–Kier alpha value is -1.62. The van der Waals surface area contributed by atoms with E-state index in [0.29, 0.717) is 24.7 Å². The van der Waals surface area contributed by atoms with Gasteiger partial charge < -0.3 is 9.47 Å². The zero-order valence-corrected chi connectivity index (χ0v) is 16.3. The first-order valence-electron chi connectivity index (χ1n) is 8.49. The van der Waals surface area contributed by atoms with E-state index in [1.54, 1.807) is 0 Å². The Bertz CT molecular complexity index is 581. The fourth-order valence-electron chi connectivity index (χ4n) is 4.19. The smallest absolute Gasteiger partial charge is 0.323 e. The van der Waals surface area contributed by atoms with Gasteiger partial charge in [-0.05, 0) is 24.7 Å². The van der Waals surface area contributed by atoms with Gasteiger partial charge in [0.2, 0.25) is 0 Å². The molecule has 1 fully saturated rings. The monoisotopic (exact) mass is 348 g/mol. The molecular formula is C19H28O4Si. The minimum atomic E-state index is -1.64. The largest absolute Gasteiger partial charge is 0.468 e. The normalized spacial score (nSPS) is 22.9. The van der Waals surface area contributed by atoms with Crippen LogP contribution in [0.5, 0.6) is 0 Å². The lowest BCUT2D eigenvalue weighted by Crippen LogP contribution is -2.43. The summed E-state index contributed by atoms with van der Waals surface area (Å²) in [5.74, 6) is -0.297. The van der Waals surface area contributed by atoms with Gasteiger partial charge in [0.15, 0.2) is 5.41 Å². The minimum Gasteiger partial charge on any atom is -0.468 e. The molecule has 0 saturated heterocycles. The maximum Gasteiger partial charge on any atom is 0.323 e. The van der Waals surface area contributed by atoms with Crippen LogP contribution in [-0.2, 0) is 19.1 Å². The summed E-state index contributed by atoms with van der Waals surface area (Å²) in [5.41, 5.74) is -1.13. The molecule has 1 aliphatic rings. The third-order valence-corrected chi connectivity index (χ3v) is 9.01. The van der Waals surface area contributed by atoms with Crippen LogP contribution in [0, 0.1) is 17.3 Å². The highest BCUT2D eigenvalue weighted by molar-refractivity contribution is 6.89. The molecule has 4 nitrogen and oxygen atoms in total. The van der Waals surface area contributed by atoms with Crippen LogP contribution in [0.15, 0.2) is 30.3 Å². The van der Waals surface area contributed by atoms with Crippen molar-refractivity contribution >= 4 is 25.2 Å². The summed E-state index contributed by atoms with van der Waals surface area (Å²) in [6.07, 6.45) is 1.03. The molecule has 5 heteroatoms. The third-order valence-electron chi connectivity index (χ3n) is 5.57. The predicted molar refractivity (Wildman–Crippen MR) is 96.7 cm³/mol. The van der Waals surface area contributed by atoms with Crippen LogP contribution in [-0.4, -0.2) is 34.2 Å². The fourth-order valence-corrected chi connectivity index (χ4v) is 7.38. The van der Waals surface area contributed by atoms with Crippen molar-refractivity contribution in [3.05, 3.63) is 30.3 Å². The molecule has 0 bridgehead atoms. The molecule has 0 spiro atoms. The summed E-state index contributed by atoms with van der Waals surface area (Å²) in [4.78, 5) is 24.7. The Morgan fingerprint density at radius 2 is 1.62 bits per heavy atom. The van der Waals surface area contributed by atoms with Crippen molar-refractivity contribution < 1.29 is 19.1 Å². The number of benzene rings is 1. The summed E-state index contributed by atoms with van der Waals surface area (Å²) in [6.45, 7) is 6.84. The summed E-state index contributed by atoms with van der Waals surface area (Å²) in [6, 6.07) is 11.6. The molecule has 0 unspecified atom stereocenters. The van der Waals surface area contributed by atoms with Gasteiger partial charge in [-0.3, -0.25) is 9.59 Å². The zero-order chi connectivity index (χ0) is 18.0. The number of carbonyl (C=O) groups is 2. The van der Waals surface area contributed by atoms with Crippen molar-refractivity contribution in [1.29, 1.82) is 0 Å². The fraction of sp³-hybridized carbons (Fsp3) is 0.579. The molecule has 2 rings (SSSR count). The number of hydrogen-bond donors (Lipinski definition) is 0. The molecule has 24 heavy (non-hydrogen) atoms. The van der Waals surface area contributed by atoms with Crippen molar-refractivity contribution in [3.8, 4) is 0 Å². The van der Waals surface area contributed by atoms with Gasteiger partial charge in [0.25, 0.3) is 0 Å². The SMILES string of the molecule is COC(=O)C1(C(=O)OC)C[C@@H](C[Si](C)(C)c2ccccc2)[C@H](C)C1. The highest BCUT2D eigenvalue weighted by Gasteiger charge is 2.56. The Labute approximate surface area is 145 Å². The average molecular weight is 349 g/mol. The van der Waals surface area contributed by atoms with Gasteiger partial charge in [0.1, 0.15) is 0 Å². The van der Waals surface area contributed by atoms with Gasteiger partial charge in [-0.2, -0.15) is 0 Å². The molecule has 132 valence electrons. The van der Waals surface area contributed by atoms with Crippen molar-refractivity contribution in [1.82, 2.24) is 0 Å². The van der Waals surface area contributed by atoms with Crippen molar-refractivity contribution in [2.24, 2.45) is 17.3 Å². The van der Waals surface area contributed by atoms with E-state index in [1.165, 1.54) is 19.4 Å². The van der Waals surface area contributed by atoms with Crippen molar-refractivity contribution in [3.63, 3.8) is 0 Å². The molecule has 1 aromatic rings. The van der Waals surface area contributed by atoms with Crippen LogP contribution >= 0.6 is 0 Å². The first-order valence-corrected chi connectivity index (χ1v) is 11.7. The third kappa shape index (κ3) is 3.41. The van der Waals surface area contributed by atoms with Crippen LogP contribution < -0.4 is 5.19 Å². The van der Waals surface area contributed by atoms with Crippen LogP contribution in [0.2, 0.25) is 19.1 Å². The zero-order valence-electron chi connectivity index (χ0n) is 15.3. The maximum absolute atomic E-state index is 12.4.